The number of nitrogens with zero attached hydrogens (tertiary/aromatic N) is 2. The molecule has 0 fully saturated rings. The van der Waals surface area contributed by atoms with E-state index >= 15 is 0 Å². The second-order valence-corrected chi connectivity index (χ2v) is 3.13. The largest absolute Gasteiger partial charge is 0.410 e. The molecule has 1 aromatic rings. The Kier molecular flexibility index (Phi) is 3.15. The Labute approximate surface area is 79.7 Å². The maximum absolute atomic E-state index is 12.5. The molecule has 1 unspecified atom stereocenters. The Balaban J connectivity index is 2.88. The van der Waals surface area contributed by atoms with Crippen molar-refractivity contribution in [3.63, 3.8) is 0 Å². The lowest BCUT2D eigenvalue weighted by atomic mass is 10.2. The molecule has 3 nitrogen and oxygen atoms in total. The molecular weight excluding hydrogens is 195 g/mol. The van der Waals surface area contributed by atoms with Gasteiger partial charge in [-0.05, 0) is 25.5 Å². The van der Waals surface area contributed by atoms with E-state index in [2.05, 4.69) is 5.10 Å². The summed E-state index contributed by atoms with van der Waals surface area (Å²) in [4.78, 5) is 0. The SMILES string of the molecule is Cc1cnn(C(CCN)C(F)(F)F)c1. The topological polar surface area (TPSA) is 43.8 Å². The molecule has 0 amide bonds. The van der Waals surface area contributed by atoms with Crippen LogP contribution in [0.4, 0.5) is 13.2 Å². The van der Waals surface area contributed by atoms with Gasteiger partial charge in [-0.1, -0.05) is 0 Å². The Morgan fingerprint density at radius 2 is 2.21 bits per heavy atom. The number of hydrogen-bond acceptors (Lipinski definition) is 2. The number of rotatable bonds is 3. The first-order valence-electron chi connectivity index (χ1n) is 4.22. The van der Waals surface area contributed by atoms with Crippen molar-refractivity contribution in [2.75, 3.05) is 6.54 Å². The van der Waals surface area contributed by atoms with E-state index < -0.39 is 12.2 Å². The number of hydrogen-bond donors (Lipinski definition) is 1. The molecule has 0 aromatic carbocycles. The maximum Gasteiger partial charge on any atom is 0.410 e. The molecule has 1 rings (SSSR count). The van der Waals surface area contributed by atoms with E-state index in [4.69, 9.17) is 5.73 Å². The molecule has 1 aromatic heterocycles. The van der Waals surface area contributed by atoms with Gasteiger partial charge in [-0.3, -0.25) is 4.68 Å². The normalized spacial score (nSPS) is 14.4. The van der Waals surface area contributed by atoms with Gasteiger partial charge in [0.25, 0.3) is 0 Å². The van der Waals surface area contributed by atoms with Gasteiger partial charge in [0.15, 0.2) is 0 Å². The number of nitrogens with two attached hydrogens (primary N) is 1. The highest BCUT2D eigenvalue weighted by atomic mass is 19.4. The van der Waals surface area contributed by atoms with Gasteiger partial charge in [-0.25, -0.2) is 0 Å². The van der Waals surface area contributed by atoms with Crippen molar-refractivity contribution < 1.29 is 13.2 Å². The van der Waals surface area contributed by atoms with Crippen LogP contribution < -0.4 is 5.73 Å². The highest BCUT2D eigenvalue weighted by Crippen LogP contribution is 2.32. The molecule has 1 heterocycles. The van der Waals surface area contributed by atoms with Gasteiger partial charge in [0.2, 0.25) is 0 Å². The van der Waals surface area contributed by atoms with Crippen molar-refractivity contribution >= 4 is 0 Å². The first-order chi connectivity index (χ1) is 6.45. The third-order valence-electron chi connectivity index (χ3n) is 1.87. The van der Waals surface area contributed by atoms with Crippen LogP contribution in [0.5, 0.6) is 0 Å². The second kappa shape index (κ2) is 4.00. The zero-order chi connectivity index (χ0) is 10.8. The Morgan fingerprint density at radius 3 is 2.57 bits per heavy atom. The average molecular weight is 207 g/mol. The molecule has 0 saturated heterocycles. The fraction of sp³-hybridized carbons (Fsp3) is 0.625. The van der Waals surface area contributed by atoms with Crippen LogP contribution >= 0.6 is 0 Å². The van der Waals surface area contributed by atoms with E-state index in [0.717, 1.165) is 4.68 Å². The first kappa shape index (κ1) is 11.0. The molecule has 14 heavy (non-hydrogen) atoms. The van der Waals surface area contributed by atoms with Crippen molar-refractivity contribution in [1.82, 2.24) is 9.78 Å². The predicted octanol–water partition coefficient (Wildman–Crippen LogP) is 1.64. The summed E-state index contributed by atoms with van der Waals surface area (Å²) < 4.78 is 38.4. The molecule has 1 atom stereocenters. The fourth-order valence-corrected chi connectivity index (χ4v) is 1.21. The van der Waals surface area contributed by atoms with E-state index in [-0.39, 0.29) is 13.0 Å². The van der Waals surface area contributed by atoms with E-state index in [1.165, 1.54) is 12.4 Å². The minimum Gasteiger partial charge on any atom is -0.330 e. The van der Waals surface area contributed by atoms with Crippen molar-refractivity contribution in [3.05, 3.63) is 18.0 Å². The summed E-state index contributed by atoms with van der Waals surface area (Å²) in [6.45, 7) is 1.68. The minimum atomic E-state index is -4.29. The van der Waals surface area contributed by atoms with E-state index in [0.29, 0.717) is 5.56 Å². The summed E-state index contributed by atoms with van der Waals surface area (Å²) in [5.41, 5.74) is 5.83. The number of aromatic nitrogens is 2. The van der Waals surface area contributed by atoms with Gasteiger partial charge in [-0.2, -0.15) is 18.3 Å². The summed E-state index contributed by atoms with van der Waals surface area (Å²) >= 11 is 0. The average Bonchev–Trinajstić information content (AvgIpc) is 2.45. The number of aryl methyl sites for hydroxylation is 1. The van der Waals surface area contributed by atoms with Crippen molar-refractivity contribution in [2.45, 2.75) is 25.6 Å². The van der Waals surface area contributed by atoms with Crippen LogP contribution in [0.3, 0.4) is 0 Å². The molecule has 0 aliphatic rings. The van der Waals surface area contributed by atoms with Crippen LogP contribution in [0.15, 0.2) is 12.4 Å². The fourth-order valence-electron chi connectivity index (χ4n) is 1.21. The highest BCUT2D eigenvalue weighted by molar-refractivity contribution is 5.01. The molecule has 80 valence electrons. The molecule has 0 radical (unpaired) electrons. The molecule has 0 aliphatic carbocycles. The summed E-state index contributed by atoms with van der Waals surface area (Å²) in [7, 11) is 0. The zero-order valence-corrected chi connectivity index (χ0v) is 7.75. The Morgan fingerprint density at radius 1 is 1.57 bits per heavy atom. The summed E-state index contributed by atoms with van der Waals surface area (Å²) in [6.07, 6.45) is -1.68. The van der Waals surface area contributed by atoms with Gasteiger partial charge in [-0.15, -0.1) is 0 Å². The third-order valence-corrected chi connectivity index (χ3v) is 1.87. The quantitative estimate of drug-likeness (QED) is 0.818. The monoisotopic (exact) mass is 207 g/mol. The van der Waals surface area contributed by atoms with Crippen molar-refractivity contribution in [2.24, 2.45) is 5.73 Å². The van der Waals surface area contributed by atoms with E-state index in [1.807, 2.05) is 0 Å². The Hall–Kier alpha value is -1.04. The van der Waals surface area contributed by atoms with Crippen LogP contribution in [-0.4, -0.2) is 22.5 Å². The maximum atomic E-state index is 12.5. The van der Waals surface area contributed by atoms with Crippen LogP contribution in [0.25, 0.3) is 0 Å². The van der Waals surface area contributed by atoms with Gasteiger partial charge in [0.05, 0.1) is 6.20 Å². The van der Waals surface area contributed by atoms with Gasteiger partial charge in [0, 0.05) is 6.20 Å². The predicted molar refractivity (Wildman–Crippen MR) is 45.7 cm³/mol. The van der Waals surface area contributed by atoms with Crippen molar-refractivity contribution in [3.8, 4) is 0 Å². The molecule has 0 aliphatic heterocycles. The van der Waals surface area contributed by atoms with Gasteiger partial charge < -0.3 is 5.73 Å². The second-order valence-electron chi connectivity index (χ2n) is 3.13. The van der Waals surface area contributed by atoms with Crippen molar-refractivity contribution in [1.29, 1.82) is 0 Å². The summed E-state index contributed by atoms with van der Waals surface area (Å²) in [5, 5.41) is 3.64. The summed E-state index contributed by atoms with van der Waals surface area (Å²) in [5.74, 6) is 0. The lowest BCUT2D eigenvalue weighted by Gasteiger charge is -2.19. The summed E-state index contributed by atoms with van der Waals surface area (Å²) in [6, 6.07) is -1.61. The van der Waals surface area contributed by atoms with Crippen LogP contribution in [0.2, 0.25) is 0 Å². The molecular formula is C8H12F3N3. The van der Waals surface area contributed by atoms with Gasteiger partial charge in [0.1, 0.15) is 6.04 Å². The van der Waals surface area contributed by atoms with E-state index in [1.54, 1.807) is 6.92 Å². The first-order valence-corrected chi connectivity index (χ1v) is 4.22. The zero-order valence-electron chi connectivity index (χ0n) is 7.75. The Bertz CT molecular complexity index is 292. The molecule has 0 bridgehead atoms. The van der Waals surface area contributed by atoms with Crippen LogP contribution in [0, 0.1) is 6.92 Å². The molecule has 0 saturated carbocycles. The van der Waals surface area contributed by atoms with Crippen LogP contribution in [0.1, 0.15) is 18.0 Å². The standard InChI is InChI=1S/C8H12F3N3/c1-6-4-13-14(5-6)7(2-3-12)8(9,10)11/h4-5,7H,2-3,12H2,1H3. The number of alkyl halides is 3. The smallest absolute Gasteiger partial charge is 0.330 e. The van der Waals surface area contributed by atoms with Crippen LogP contribution in [-0.2, 0) is 0 Å². The van der Waals surface area contributed by atoms with Gasteiger partial charge >= 0.3 is 6.18 Å². The minimum absolute atomic E-state index is 0.0108. The third kappa shape index (κ3) is 2.47. The lowest BCUT2D eigenvalue weighted by Crippen LogP contribution is -2.29. The number of halogens is 3. The molecule has 0 spiro atoms. The lowest BCUT2D eigenvalue weighted by molar-refractivity contribution is -0.171. The van der Waals surface area contributed by atoms with E-state index in [9.17, 15) is 13.2 Å². The molecule has 6 heteroatoms. The highest BCUT2D eigenvalue weighted by Gasteiger charge is 2.40. The molecule has 2 N–H and O–H groups in total.